The molecule has 0 saturated carbocycles. The van der Waals surface area contributed by atoms with Gasteiger partial charge < -0.3 is 4.98 Å². The number of hydrogen-bond acceptors (Lipinski definition) is 0. The van der Waals surface area contributed by atoms with E-state index in [9.17, 15) is 0 Å². The summed E-state index contributed by atoms with van der Waals surface area (Å²) in [6.45, 7) is 8.34. The lowest BCUT2D eigenvalue weighted by molar-refractivity contribution is 0.833. The van der Waals surface area contributed by atoms with Crippen molar-refractivity contribution in [1.82, 2.24) is 4.98 Å². The minimum absolute atomic E-state index is 0.630. The van der Waals surface area contributed by atoms with Gasteiger partial charge in [0.25, 0.3) is 0 Å². The van der Waals surface area contributed by atoms with Gasteiger partial charge in [-0.2, -0.15) is 0 Å². The van der Waals surface area contributed by atoms with E-state index in [-0.39, 0.29) is 0 Å². The minimum atomic E-state index is 0.630. The maximum Gasteiger partial charge on any atom is 0.0173 e. The first-order valence-electron chi connectivity index (χ1n) is 3.94. The number of nitrogens with one attached hydrogen (secondary N) is 1. The molecule has 1 nitrogen and oxygen atoms in total. The zero-order valence-corrected chi connectivity index (χ0v) is 7.31. The Morgan fingerprint density at radius 2 is 1.90 bits per heavy atom. The first-order valence-corrected chi connectivity index (χ1v) is 3.94. The molecule has 0 bridgehead atoms. The fourth-order valence-electron chi connectivity index (χ4n) is 0.703. The quantitative estimate of drug-likeness (QED) is 0.615. The van der Waals surface area contributed by atoms with Gasteiger partial charge in [0, 0.05) is 11.9 Å². The highest BCUT2D eigenvalue weighted by atomic mass is 14.7. The van der Waals surface area contributed by atoms with Crippen LogP contribution in [0.5, 0.6) is 0 Å². The predicted octanol–water partition coefficient (Wildman–Crippen LogP) is 3.16. The fourth-order valence-corrected chi connectivity index (χ4v) is 0.703. The smallest absolute Gasteiger partial charge is 0.0173 e. The fraction of sp³-hybridized carbons (Fsp3) is 0.556. The second-order valence-electron chi connectivity index (χ2n) is 2.28. The summed E-state index contributed by atoms with van der Waals surface area (Å²) in [7, 11) is 0. The molecule has 0 radical (unpaired) electrons. The molecule has 1 aromatic rings. The monoisotopic (exact) mass is 139 g/mol. The average molecular weight is 139 g/mol. The number of aromatic nitrogens is 1. The summed E-state index contributed by atoms with van der Waals surface area (Å²) >= 11 is 0. The normalized spacial score (nSPS) is 8.90. The largest absolute Gasteiger partial charge is 0.365 e. The van der Waals surface area contributed by atoms with Crippen LogP contribution in [0.2, 0.25) is 0 Å². The lowest BCUT2D eigenvalue weighted by Crippen LogP contribution is -1.83. The van der Waals surface area contributed by atoms with Crippen LogP contribution in [-0.2, 0) is 0 Å². The molecule has 0 saturated heterocycles. The van der Waals surface area contributed by atoms with Gasteiger partial charge in [-0.15, -0.1) is 0 Å². The zero-order valence-electron chi connectivity index (χ0n) is 7.31. The third-order valence-corrected chi connectivity index (χ3v) is 1.24. The van der Waals surface area contributed by atoms with Gasteiger partial charge in [0.1, 0.15) is 0 Å². The van der Waals surface area contributed by atoms with Gasteiger partial charge in [0.05, 0.1) is 0 Å². The standard InChI is InChI=1S/C7H11N.C2H6/c1-6(2)7-4-3-5-8-7;1-2/h3-6,8H,1-2H3;1-2H3. The molecule has 0 aliphatic carbocycles. The van der Waals surface area contributed by atoms with E-state index in [1.54, 1.807) is 0 Å². The van der Waals surface area contributed by atoms with Crippen molar-refractivity contribution < 1.29 is 0 Å². The molecule has 0 aromatic carbocycles. The SMILES string of the molecule is CC.CC(C)c1ccc[nH]1. The number of H-pyrrole nitrogens is 1. The Morgan fingerprint density at radius 1 is 1.30 bits per heavy atom. The lowest BCUT2D eigenvalue weighted by atomic mass is 10.1. The Kier molecular flexibility index (Phi) is 4.73. The summed E-state index contributed by atoms with van der Waals surface area (Å²) < 4.78 is 0. The van der Waals surface area contributed by atoms with E-state index in [0.29, 0.717) is 5.92 Å². The van der Waals surface area contributed by atoms with E-state index < -0.39 is 0 Å². The van der Waals surface area contributed by atoms with Gasteiger partial charge >= 0.3 is 0 Å². The van der Waals surface area contributed by atoms with Crippen molar-refractivity contribution in [3.8, 4) is 0 Å². The molecular weight excluding hydrogens is 122 g/mol. The van der Waals surface area contributed by atoms with E-state index in [1.165, 1.54) is 5.69 Å². The molecule has 0 aliphatic heterocycles. The third kappa shape index (κ3) is 2.72. The van der Waals surface area contributed by atoms with Crippen LogP contribution in [0.4, 0.5) is 0 Å². The number of hydrogen-bond donors (Lipinski definition) is 1. The zero-order chi connectivity index (χ0) is 7.98. The molecule has 0 aliphatic rings. The number of aromatic amines is 1. The third-order valence-electron chi connectivity index (χ3n) is 1.24. The van der Waals surface area contributed by atoms with Gasteiger partial charge in [-0.25, -0.2) is 0 Å². The van der Waals surface area contributed by atoms with Crippen molar-refractivity contribution >= 4 is 0 Å². The molecule has 0 atom stereocenters. The van der Waals surface area contributed by atoms with Crippen LogP contribution in [0.25, 0.3) is 0 Å². The van der Waals surface area contributed by atoms with Crippen LogP contribution in [0.1, 0.15) is 39.3 Å². The lowest BCUT2D eigenvalue weighted by Gasteiger charge is -1.97. The Labute approximate surface area is 63.5 Å². The van der Waals surface area contributed by atoms with Crippen molar-refractivity contribution in [2.75, 3.05) is 0 Å². The van der Waals surface area contributed by atoms with Crippen molar-refractivity contribution in [1.29, 1.82) is 0 Å². The molecular formula is C9H17N. The molecule has 1 heteroatoms. The summed E-state index contributed by atoms with van der Waals surface area (Å²) in [6, 6.07) is 4.12. The van der Waals surface area contributed by atoms with E-state index in [1.807, 2.05) is 26.1 Å². The Morgan fingerprint density at radius 3 is 2.10 bits per heavy atom. The van der Waals surface area contributed by atoms with Gasteiger partial charge in [-0.3, -0.25) is 0 Å². The maximum atomic E-state index is 3.14. The van der Waals surface area contributed by atoms with Crippen LogP contribution >= 0.6 is 0 Å². The Bertz CT molecular complexity index is 140. The van der Waals surface area contributed by atoms with Gasteiger partial charge in [-0.1, -0.05) is 27.7 Å². The predicted molar refractivity (Wildman–Crippen MR) is 46.2 cm³/mol. The van der Waals surface area contributed by atoms with Gasteiger partial charge in [-0.05, 0) is 18.1 Å². The van der Waals surface area contributed by atoms with Crippen LogP contribution in [0.15, 0.2) is 18.3 Å². The molecule has 1 heterocycles. The van der Waals surface area contributed by atoms with E-state index in [2.05, 4.69) is 24.9 Å². The Balaban J connectivity index is 0.000000371. The van der Waals surface area contributed by atoms with Crippen LogP contribution in [-0.4, -0.2) is 4.98 Å². The summed E-state index contributed by atoms with van der Waals surface area (Å²) in [5.74, 6) is 0.630. The molecule has 58 valence electrons. The molecule has 1 N–H and O–H groups in total. The molecule has 0 fully saturated rings. The molecule has 0 unspecified atom stereocenters. The summed E-state index contributed by atoms with van der Waals surface area (Å²) in [5.41, 5.74) is 1.31. The summed E-state index contributed by atoms with van der Waals surface area (Å²) in [5, 5.41) is 0. The average Bonchev–Trinajstić information content (AvgIpc) is 2.42. The molecule has 0 spiro atoms. The second-order valence-corrected chi connectivity index (χ2v) is 2.28. The van der Waals surface area contributed by atoms with Crippen molar-refractivity contribution in [2.24, 2.45) is 0 Å². The van der Waals surface area contributed by atoms with Crippen LogP contribution in [0, 0.1) is 0 Å². The Hall–Kier alpha value is -0.720. The van der Waals surface area contributed by atoms with Gasteiger partial charge in [0.2, 0.25) is 0 Å². The summed E-state index contributed by atoms with van der Waals surface area (Å²) in [6.07, 6.45) is 1.95. The van der Waals surface area contributed by atoms with E-state index >= 15 is 0 Å². The highest BCUT2D eigenvalue weighted by molar-refractivity contribution is 5.07. The van der Waals surface area contributed by atoms with E-state index in [4.69, 9.17) is 0 Å². The molecule has 1 rings (SSSR count). The first-order chi connectivity index (χ1) is 4.80. The highest BCUT2D eigenvalue weighted by Gasteiger charge is 1.94. The van der Waals surface area contributed by atoms with Gasteiger partial charge in [0.15, 0.2) is 0 Å². The highest BCUT2D eigenvalue weighted by Crippen LogP contribution is 2.09. The second kappa shape index (κ2) is 5.10. The molecule has 10 heavy (non-hydrogen) atoms. The molecule has 1 aromatic heterocycles. The maximum absolute atomic E-state index is 3.14. The number of rotatable bonds is 1. The molecule has 0 amide bonds. The minimum Gasteiger partial charge on any atom is -0.365 e. The van der Waals surface area contributed by atoms with Crippen LogP contribution < -0.4 is 0 Å². The van der Waals surface area contributed by atoms with Crippen molar-refractivity contribution in [3.05, 3.63) is 24.0 Å². The first kappa shape index (κ1) is 9.28. The van der Waals surface area contributed by atoms with E-state index in [0.717, 1.165) is 0 Å². The summed E-state index contributed by atoms with van der Waals surface area (Å²) in [4.78, 5) is 3.14. The topological polar surface area (TPSA) is 15.8 Å². The van der Waals surface area contributed by atoms with Crippen molar-refractivity contribution in [3.63, 3.8) is 0 Å². The van der Waals surface area contributed by atoms with Crippen LogP contribution in [0.3, 0.4) is 0 Å². The van der Waals surface area contributed by atoms with Crippen molar-refractivity contribution in [2.45, 2.75) is 33.6 Å².